The molecule has 1 aromatic carbocycles. The van der Waals surface area contributed by atoms with E-state index in [1.54, 1.807) is 50.2 Å². The highest BCUT2D eigenvalue weighted by Gasteiger charge is 2.16. The fraction of sp³-hybridized carbons (Fsp3) is 0.158. The van der Waals surface area contributed by atoms with Crippen LogP contribution in [0.2, 0.25) is 0 Å². The van der Waals surface area contributed by atoms with Gasteiger partial charge in [0.05, 0.1) is 5.39 Å². The first-order valence-corrected chi connectivity index (χ1v) is 8.34. The normalized spacial score (nSPS) is 11.0. The molecule has 3 aromatic rings. The number of hydrogen-bond acceptors (Lipinski definition) is 5. The molecule has 0 fully saturated rings. The molecule has 3 rings (SSSR count). The van der Waals surface area contributed by atoms with Crippen LogP contribution in [0.3, 0.4) is 0 Å². The first-order chi connectivity index (χ1) is 13.0. The third kappa shape index (κ3) is 3.95. The molecule has 2 amide bonds. The summed E-state index contributed by atoms with van der Waals surface area (Å²) in [7, 11) is 0. The number of rotatable bonds is 4. The van der Waals surface area contributed by atoms with Crippen molar-refractivity contribution in [3.05, 3.63) is 70.0 Å². The third-order valence-corrected chi connectivity index (χ3v) is 3.84. The van der Waals surface area contributed by atoms with Gasteiger partial charge in [-0.2, -0.15) is 5.10 Å². The zero-order valence-electron chi connectivity index (χ0n) is 14.9. The number of carbonyl (C=O) groups excluding carboxylic acids is 2. The summed E-state index contributed by atoms with van der Waals surface area (Å²) in [5, 5.41) is 4.91. The van der Waals surface area contributed by atoms with Crippen molar-refractivity contribution in [2.75, 3.05) is 0 Å². The van der Waals surface area contributed by atoms with Crippen molar-refractivity contribution in [3.63, 3.8) is 0 Å². The largest absolute Gasteiger partial charge is 0.462 e. The Bertz CT molecular complexity index is 1090. The number of benzene rings is 1. The Balaban J connectivity index is 1.76. The van der Waals surface area contributed by atoms with Gasteiger partial charge in [0.1, 0.15) is 11.5 Å². The van der Waals surface area contributed by atoms with Gasteiger partial charge in [-0.25, -0.2) is 4.68 Å². The number of aryl methyl sites for hydroxylation is 2. The minimum Gasteiger partial charge on any atom is -0.462 e. The van der Waals surface area contributed by atoms with E-state index < -0.39 is 11.8 Å². The summed E-state index contributed by atoms with van der Waals surface area (Å²) >= 11 is 0. The van der Waals surface area contributed by atoms with Crippen molar-refractivity contribution in [1.29, 1.82) is 0 Å². The fourth-order valence-electron chi connectivity index (χ4n) is 2.54. The van der Waals surface area contributed by atoms with Gasteiger partial charge in [0, 0.05) is 18.0 Å². The van der Waals surface area contributed by atoms with Crippen LogP contribution in [0, 0.1) is 6.92 Å². The second-order valence-corrected chi connectivity index (χ2v) is 5.74. The van der Waals surface area contributed by atoms with Crippen molar-refractivity contribution in [1.82, 2.24) is 20.6 Å². The molecule has 2 N–H and O–H groups in total. The molecule has 2 aromatic heterocycles. The Labute approximate surface area is 154 Å². The van der Waals surface area contributed by atoms with Gasteiger partial charge in [-0.3, -0.25) is 25.2 Å². The first-order valence-electron chi connectivity index (χ1n) is 8.34. The molecule has 0 aliphatic carbocycles. The van der Waals surface area contributed by atoms with Gasteiger partial charge in [-0.05, 0) is 38.1 Å². The minimum atomic E-state index is -0.621. The summed E-state index contributed by atoms with van der Waals surface area (Å²) in [5.41, 5.74) is 4.37. The number of carbonyl (C=O) groups is 2. The van der Waals surface area contributed by atoms with Crippen LogP contribution in [0.25, 0.3) is 16.8 Å². The van der Waals surface area contributed by atoms with Crippen LogP contribution in [-0.4, -0.2) is 21.6 Å². The predicted molar refractivity (Wildman–Crippen MR) is 99.8 cm³/mol. The standard InChI is InChI=1S/C19H18N4O4/c1-3-23-19(26)15-7-5-4-6-14(15)17(22-23)18(25)21-20-16(24)11-10-13-9-8-12(2)27-13/h4-11H,3H2,1-2H3,(H,20,24)(H,21,25)/b11-10+. The number of nitrogens with zero attached hydrogens (tertiary/aromatic N) is 2. The van der Waals surface area contributed by atoms with E-state index >= 15 is 0 Å². The molecule has 0 unspecified atom stereocenters. The van der Waals surface area contributed by atoms with Crippen molar-refractivity contribution in [2.45, 2.75) is 20.4 Å². The number of aromatic nitrogens is 2. The SMILES string of the molecule is CCn1nc(C(=O)NNC(=O)/C=C/c2ccc(C)o2)c2ccccc2c1=O. The maximum Gasteiger partial charge on any atom is 0.290 e. The lowest BCUT2D eigenvalue weighted by Crippen LogP contribution is -2.42. The lowest BCUT2D eigenvalue weighted by Gasteiger charge is -2.10. The van der Waals surface area contributed by atoms with Gasteiger partial charge < -0.3 is 4.42 Å². The van der Waals surface area contributed by atoms with Crippen LogP contribution in [0.4, 0.5) is 0 Å². The van der Waals surface area contributed by atoms with Gasteiger partial charge in [0.15, 0.2) is 5.69 Å². The van der Waals surface area contributed by atoms with Crippen LogP contribution in [0.1, 0.15) is 28.9 Å². The lowest BCUT2D eigenvalue weighted by molar-refractivity contribution is -0.117. The van der Waals surface area contributed by atoms with Gasteiger partial charge in [-0.1, -0.05) is 18.2 Å². The van der Waals surface area contributed by atoms with E-state index in [0.29, 0.717) is 23.1 Å². The number of furan rings is 1. The fourth-order valence-corrected chi connectivity index (χ4v) is 2.54. The van der Waals surface area contributed by atoms with Crippen LogP contribution >= 0.6 is 0 Å². The highest BCUT2D eigenvalue weighted by Crippen LogP contribution is 2.13. The second kappa shape index (κ2) is 7.69. The van der Waals surface area contributed by atoms with E-state index in [0.717, 1.165) is 5.76 Å². The van der Waals surface area contributed by atoms with E-state index in [1.165, 1.54) is 16.8 Å². The molecule has 0 saturated heterocycles. The van der Waals surface area contributed by atoms with Crippen molar-refractivity contribution in [3.8, 4) is 0 Å². The molecule has 8 nitrogen and oxygen atoms in total. The molecule has 8 heteroatoms. The smallest absolute Gasteiger partial charge is 0.290 e. The number of amides is 2. The molecule has 27 heavy (non-hydrogen) atoms. The van der Waals surface area contributed by atoms with E-state index in [1.807, 2.05) is 0 Å². The minimum absolute atomic E-state index is 0.0537. The van der Waals surface area contributed by atoms with Crippen LogP contribution < -0.4 is 16.4 Å². The zero-order valence-corrected chi connectivity index (χ0v) is 14.9. The molecular formula is C19H18N4O4. The Kier molecular flexibility index (Phi) is 5.16. The average Bonchev–Trinajstić information content (AvgIpc) is 3.10. The van der Waals surface area contributed by atoms with Crippen molar-refractivity contribution in [2.24, 2.45) is 0 Å². The molecule has 138 valence electrons. The summed E-state index contributed by atoms with van der Waals surface area (Å²) in [4.78, 5) is 36.6. The molecule has 0 saturated carbocycles. The Morgan fingerprint density at radius 3 is 2.56 bits per heavy atom. The number of hydrogen-bond donors (Lipinski definition) is 2. The highest BCUT2D eigenvalue weighted by atomic mass is 16.3. The number of nitrogens with one attached hydrogen (secondary N) is 2. The molecular weight excluding hydrogens is 348 g/mol. The molecule has 2 heterocycles. The maximum absolute atomic E-state index is 12.5. The van der Waals surface area contributed by atoms with Gasteiger partial charge in [0.2, 0.25) is 0 Å². The first kappa shape index (κ1) is 18.1. The van der Waals surface area contributed by atoms with E-state index in [9.17, 15) is 14.4 Å². The summed E-state index contributed by atoms with van der Waals surface area (Å²) in [6, 6.07) is 10.2. The predicted octanol–water partition coefficient (Wildman–Crippen LogP) is 1.79. The Morgan fingerprint density at radius 2 is 1.89 bits per heavy atom. The van der Waals surface area contributed by atoms with Crippen LogP contribution in [0.15, 0.2) is 51.7 Å². The van der Waals surface area contributed by atoms with Crippen molar-refractivity contribution < 1.29 is 14.0 Å². The Morgan fingerprint density at radius 1 is 1.15 bits per heavy atom. The summed E-state index contributed by atoms with van der Waals surface area (Å²) < 4.78 is 6.52. The zero-order chi connectivity index (χ0) is 19.4. The number of fused-ring (bicyclic) bond motifs is 1. The highest BCUT2D eigenvalue weighted by molar-refractivity contribution is 6.05. The van der Waals surface area contributed by atoms with E-state index in [2.05, 4.69) is 16.0 Å². The molecule has 0 radical (unpaired) electrons. The molecule has 0 atom stereocenters. The van der Waals surface area contributed by atoms with E-state index in [-0.39, 0.29) is 11.3 Å². The lowest BCUT2D eigenvalue weighted by atomic mass is 10.1. The molecule has 0 aliphatic rings. The molecule has 0 bridgehead atoms. The Hall–Kier alpha value is -3.68. The topological polar surface area (TPSA) is 106 Å². The van der Waals surface area contributed by atoms with Crippen molar-refractivity contribution >= 4 is 28.7 Å². The third-order valence-electron chi connectivity index (χ3n) is 3.84. The monoisotopic (exact) mass is 366 g/mol. The summed E-state index contributed by atoms with van der Waals surface area (Å²) in [6.07, 6.45) is 2.72. The van der Waals surface area contributed by atoms with Crippen LogP contribution in [0.5, 0.6) is 0 Å². The van der Waals surface area contributed by atoms with Gasteiger partial charge in [-0.15, -0.1) is 0 Å². The number of hydrazine groups is 1. The maximum atomic E-state index is 12.5. The summed E-state index contributed by atoms with van der Waals surface area (Å²) in [5.74, 6) is 0.0959. The quantitative estimate of drug-likeness (QED) is 0.541. The van der Waals surface area contributed by atoms with Crippen LogP contribution in [-0.2, 0) is 11.3 Å². The molecule has 0 aliphatic heterocycles. The summed E-state index contributed by atoms with van der Waals surface area (Å²) in [6.45, 7) is 3.88. The molecule has 0 spiro atoms. The average molecular weight is 366 g/mol. The van der Waals surface area contributed by atoms with E-state index in [4.69, 9.17) is 4.42 Å². The van der Waals surface area contributed by atoms with Gasteiger partial charge >= 0.3 is 0 Å². The van der Waals surface area contributed by atoms with Gasteiger partial charge in [0.25, 0.3) is 17.4 Å². The second-order valence-electron chi connectivity index (χ2n) is 5.74.